The van der Waals surface area contributed by atoms with Crippen LogP contribution in [0.4, 0.5) is 0 Å². The molecular formula is C9H17N. The molecule has 1 aliphatic rings. The van der Waals surface area contributed by atoms with Crippen molar-refractivity contribution in [2.75, 3.05) is 0 Å². The maximum absolute atomic E-state index is 5.89. The van der Waals surface area contributed by atoms with E-state index in [1.807, 2.05) is 0 Å². The van der Waals surface area contributed by atoms with Gasteiger partial charge in [-0.1, -0.05) is 12.0 Å². The monoisotopic (exact) mass is 139 g/mol. The van der Waals surface area contributed by atoms with E-state index in [2.05, 4.69) is 13.5 Å². The second-order valence-corrected chi connectivity index (χ2v) is 3.52. The van der Waals surface area contributed by atoms with Gasteiger partial charge in [0.2, 0.25) is 0 Å². The molecule has 0 spiro atoms. The first-order valence-corrected chi connectivity index (χ1v) is 4.10. The van der Waals surface area contributed by atoms with Gasteiger partial charge in [0.25, 0.3) is 0 Å². The van der Waals surface area contributed by atoms with Gasteiger partial charge in [0.05, 0.1) is 0 Å². The first kappa shape index (κ1) is 7.80. The molecule has 1 fully saturated rings. The summed E-state index contributed by atoms with van der Waals surface area (Å²) in [5.74, 6) is 0.734. The van der Waals surface area contributed by atoms with E-state index in [-0.39, 0.29) is 0 Å². The number of allylic oxidation sites excluding steroid dienone is 1. The molecule has 0 aliphatic heterocycles. The third-order valence-electron chi connectivity index (χ3n) is 2.33. The summed E-state index contributed by atoms with van der Waals surface area (Å²) in [5, 5.41) is 0. The predicted octanol–water partition coefficient (Wildman–Crippen LogP) is 2.08. The summed E-state index contributed by atoms with van der Waals surface area (Å²) in [5.41, 5.74) is 7.17. The van der Waals surface area contributed by atoms with Crippen molar-refractivity contribution in [1.29, 1.82) is 0 Å². The minimum atomic E-state index is 0.455. The van der Waals surface area contributed by atoms with E-state index >= 15 is 0 Å². The highest BCUT2D eigenvalue weighted by Crippen LogP contribution is 2.28. The molecule has 0 amide bonds. The number of hydrogen-bond acceptors (Lipinski definition) is 1. The highest BCUT2D eigenvalue weighted by atomic mass is 14.7. The maximum Gasteiger partial charge on any atom is 0.00702 e. The quantitative estimate of drug-likeness (QED) is 0.582. The Hall–Kier alpha value is -0.300. The molecule has 2 N–H and O–H groups in total. The Bertz CT molecular complexity index is 129. The van der Waals surface area contributed by atoms with Crippen LogP contribution in [0.5, 0.6) is 0 Å². The number of nitrogens with two attached hydrogens (primary N) is 1. The largest absolute Gasteiger partial charge is 0.327 e. The van der Waals surface area contributed by atoms with E-state index in [0.29, 0.717) is 6.04 Å². The molecule has 0 aromatic rings. The molecule has 2 atom stereocenters. The first-order chi connectivity index (χ1) is 4.70. The molecule has 58 valence electrons. The van der Waals surface area contributed by atoms with E-state index in [0.717, 1.165) is 12.3 Å². The summed E-state index contributed by atoms with van der Waals surface area (Å²) in [6, 6.07) is 0.455. The number of rotatable bonds is 2. The van der Waals surface area contributed by atoms with E-state index in [1.165, 1.54) is 24.8 Å². The Kier molecular flexibility index (Phi) is 2.50. The van der Waals surface area contributed by atoms with Crippen molar-refractivity contribution in [2.45, 2.75) is 38.6 Å². The predicted molar refractivity (Wildman–Crippen MR) is 44.7 cm³/mol. The van der Waals surface area contributed by atoms with Crippen molar-refractivity contribution >= 4 is 0 Å². The lowest BCUT2D eigenvalue weighted by Crippen LogP contribution is -2.24. The molecule has 0 saturated heterocycles. The van der Waals surface area contributed by atoms with Crippen LogP contribution in [0.15, 0.2) is 12.2 Å². The topological polar surface area (TPSA) is 26.0 Å². The molecule has 1 heteroatoms. The molecule has 0 heterocycles. The summed E-state index contributed by atoms with van der Waals surface area (Å²) >= 11 is 0. The molecule has 0 bridgehead atoms. The Labute approximate surface area is 63.3 Å². The highest BCUT2D eigenvalue weighted by molar-refractivity contribution is 4.95. The fraction of sp³-hybridized carbons (Fsp3) is 0.778. The molecule has 2 unspecified atom stereocenters. The zero-order valence-electron chi connectivity index (χ0n) is 6.77. The van der Waals surface area contributed by atoms with Gasteiger partial charge >= 0.3 is 0 Å². The molecule has 1 rings (SSSR count). The van der Waals surface area contributed by atoms with Gasteiger partial charge in [-0.25, -0.2) is 0 Å². The SMILES string of the molecule is C=C(C)CC1CCCC1N. The van der Waals surface area contributed by atoms with Crippen molar-refractivity contribution < 1.29 is 0 Å². The van der Waals surface area contributed by atoms with Gasteiger partial charge in [0.1, 0.15) is 0 Å². The molecule has 0 aromatic carbocycles. The Morgan fingerprint density at radius 3 is 2.70 bits per heavy atom. The summed E-state index contributed by atoms with van der Waals surface area (Å²) in [7, 11) is 0. The molecule has 1 nitrogen and oxygen atoms in total. The maximum atomic E-state index is 5.89. The van der Waals surface area contributed by atoms with E-state index in [4.69, 9.17) is 5.73 Å². The van der Waals surface area contributed by atoms with Crippen LogP contribution < -0.4 is 5.73 Å². The molecule has 10 heavy (non-hydrogen) atoms. The first-order valence-electron chi connectivity index (χ1n) is 4.10. The molecular weight excluding hydrogens is 122 g/mol. The minimum absolute atomic E-state index is 0.455. The second kappa shape index (κ2) is 3.20. The van der Waals surface area contributed by atoms with Crippen LogP contribution in [0, 0.1) is 5.92 Å². The number of hydrogen-bond donors (Lipinski definition) is 1. The van der Waals surface area contributed by atoms with Crippen molar-refractivity contribution in [3.05, 3.63) is 12.2 Å². The van der Waals surface area contributed by atoms with Gasteiger partial charge in [-0.05, 0) is 32.1 Å². The standard InChI is InChI=1S/C9H17N/c1-7(2)6-8-4-3-5-9(8)10/h8-9H,1,3-6,10H2,2H3. The van der Waals surface area contributed by atoms with Crippen LogP contribution in [0.1, 0.15) is 32.6 Å². The van der Waals surface area contributed by atoms with E-state index < -0.39 is 0 Å². The van der Waals surface area contributed by atoms with Crippen molar-refractivity contribution in [2.24, 2.45) is 11.7 Å². The fourth-order valence-corrected chi connectivity index (χ4v) is 1.77. The van der Waals surface area contributed by atoms with Gasteiger partial charge in [-0.3, -0.25) is 0 Å². The second-order valence-electron chi connectivity index (χ2n) is 3.52. The van der Waals surface area contributed by atoms with Crippen molar-refractivity contribution in [3.8, 4) is 0 Å². The Balaban J connectivity index is 2.33. The lowest BCUT2D eigenvalue weighted by atomic mass is 9.97. The molecule has 0 radical (unpaired) electrons. The van der Waals surface area contributed by atoms with Crippen molar-refractivity contribution in [3.63, 3.8) is 0 Å². The third kappa shape index (κ3) is 1.84. The van der Waals surface area contributed by atoms with Gasteiger partial charge in [-0.15, -0.1) is 6.58 Å². The van der Waals surface area contributed by atoms with Crippen LogP contribution in [0.25, 0.3) is 0 Å². The zero-order valence-corrected chi connectivity index (χ0v) is 6.77. The zero-order chi connectivity index (χ0) is 7.56. The van der Waals surface area contributed by atoms with Crippen LogP contribution in [0.3, 0.4) is 0 Å². The molecule has 0 aromatic heterocycles. The van der Waals surface area contributed by atoms with Crippen LogP contribution in [0.2, 0.25) is 0 Å². The van der Waals surface area contributed by atoms with Gasteiger partial charge in [-0.2, -0.15) is 0 Å². The smallest absolute Gasteiger partial charge is 0.00702 e. The average molecular weight is 139 g/mol. The third-order valence-corrected chi connectivity index (χ3v) is 2.33. The summed E-state index contributed by atoms with van der Waals surface area (Å²) in [6.07, 6.45) is 4.99. The van der Waals surface area contributed by atoms with E-state index in [9.17, 15) is 0 Å². The normalized spacial score (nSPS) is 32.6. The van der Waals surface area contributed by atoms with Gasteiger partial charge < -0.3 is 5.73 Å². The summed E-state index contributed by atoms with van der Waals surface area (Å²) in [4.78, 5) is 0. The Morgan fingerprint density at radius 1 is 1.60 bits per heavy atom. The van der Waals surface area contributed by atoms with Crippen LogP contribution >= 0.6 is 0 Å². The minimum Gasteiger partial charge on any atom is -0.327 e. The average Bonchev–Trinajstić information content (AvgIpc) is 2.15. The van der Waals surface area contributed by atoms with Crippen molar-refractivity contribution in [1.82, 2.24) is 0 Å². The molecule has 1 aliphatic carbocycles. The van der Waals surface area contributed by atoms with E-state index in [1.54, 1.807) is 0 Å². The summed E-state index contributed by atoms with van der Waals surface area (Å²) in [6.45, 7) is 5.99. The summed E-state index contributed by atoms with van der Waals surface area (Å²) < 4.78 is 0. The highest BCUT2D eigenvalue weighted by Gasteiger charge is 2.22. The fourth-order valence-electron chi connectivity index (χ4n) is 1.77. The Morgan fingerprint density at radius 2 is 2.30 bits per heavy atom. The van der Waals surface area contributed by atoms with Crippen LogP contribution in [-0.4, -0.2) is 6.04 Å². The van der Waals surface area contributed by atoms with Gasteiger partial charge in [0.15, 0.2) is 0 Å². The lowest BCUT2D eigenvalue weighted by Gasteiger charge is -2.14. The van der Waals surface area contributed by atoms with Crippen LogP contribution in [-0.2, 0) is 0 Å². The molecule has 1 saturated carbocycles. The lowest BCUT2D eigenvalue weighted by molar-refractivity contribution is 0.477. The van der Waals surface area contributed by atoms with Gasteiger partial charge in [0, 0.05) is 6.04 Å².